The van der Waals surface area contributed by atoms with E-state index in [-0.39, 0.29) is 23.7 Å². The standard InChI is InChI=1S/C28H29N3O4S2/c1-6-12-35-28(33)24-18(5)23(27(32)34-7-2)26(37-24)30-15-21(14-29)25-31-22(16-36-25)20-10-8-19(9-11-20)13-17(3)4/h6,8-11,15-17,30H,1,7,12-13H2,2-5H3. The van der Waals surface area contributed by atoms with Gasteiger partial charge in [-0.1, -0.05) is 50.8 Å². The molecule has 0 aliphatic carbocycles. The number of ether oxygens (including phenoxy) is 2. The number of carbonyl (C=O) groups is 2. The number of allylic oxidation sites excluding steroid dienone is 1. The van der Waals surface area contributed by atoms with E-state index in [9.17, 15) is 14.9 Å². The van der Waals surface area contributed by atoms with Crippen molar-refractivity contribution in [2.24, 2.45) is 5.92 Å². The van der Waals surface area contributed by atoms with Gasteiger partial charge in [-0.25, -0.2) is 14.6 Å². The molecule has 0 amide bonds. The first-order valence-electron chi connectivity index (χ1n) is 11.8. The second kappa shape index (κ2) is 13.0. The topological polar surface area (TPSA) is 101 Å². The van der Waals surface area contributed by atoms with Gasteiger partial charge in [-0.15, -0.1) is 22.7 Å². The van der Waals surface area contributed by atoms with Crippen molar-refractivity contribution >= 4 is 45.2 Å². The molecular weight excluding hydrogens is 506 g/mol. The van der Waals surface area contributed by atoms with E-state index >= 15 is 0 Å². The first kappa shape index (κ1) is 27.8. The van der Waals surface area contributed by atoms with E-state index in [1.807, 2.05) is 17.5 Å². The number of benzene rings is 1. The summed E-state index contributed by atoms with van der Waals surface area (Å²) in [5.41, 5.74) is 4.00. The van der Waals surface area contributed by atoms with Crippen LogP contribution in [0.15, 0.2) is 48.5 Å². The van der Waals surface area contributed by atoms with Crippen molar-refractivity contribution < 1.29 is 19.1 Å². The quantitative estimate of drug-likeness (QED) is 0.162. The number of esters is 2. The molecule has 7 nitrogen and oxygen atoms in total. The highest BCUT2D eigenvalue weighted by Gasteiger charge is 2.26. The second-order valence-electron chi connectivity index (χ2n) is 8.51. The van der Waals surface area contributed by atoms with Gasteiger partial charge in [-0.3, -0.25) is 0 Å². The Morgan fingerprint density at radius 1 is 1.22 bits per heavy atom. The highest BCUT2D eigenvalue weighted by Crippen LogP contribution is 2.35. The van der Waals surface area contributed by atoms with E-state index in [1.165, 1.54) is 29.2 Å². The molecule has 0 fully saturated rings. The number of hydrogen-bond donors (Lipinski definition) is 1. The summed E-state index contributed by atoms with van der Waals surface area (Å²) < 4.78 is 10.3. The summed E-state index contributed by atoms with van der Waals surface area (Å²) in [7, 11) is 0. The molecule has 9 heteroatoms. The minimum absolute atomic E-state index is 0.0546. The third-order valence-corrected chi connectivity index (χ3v) is 7.32. The van der Waals surface area contributed by atoms with E-state index < -0.39 is 11.9 Å². The van der Waals surface area contributed by atoms with Crippen LogP contribution >= 0.6 is 22.7 Å². The molecule has 37 heavy (non-hydrogen) atoms. The fraction of sp³-hybridized carbons (Fsp3) is 0.286. The third kappa shape index (κ3) is 6.94. The average Bonchev–Trinajstić information content (AvgIpc) is 3.48. The van der Waals surface area contributed by atoms with Gasteiger partial charge in [0.15, 0.2) is 0 Å². The van der Waals surface area contributed by atoms with Crippen LogP contribution in [-0.2, 0) is 15.9 Å². The van der Waals surface area contributed by atoms with Crippen molar-refractivity contribution in [3.63, 3.8) is 0 Å². The summed E-state index contributed by atoms with van der Waals surface area (Å²) in [4.78, 5) is 30.0. The molecule has 2 heterocycles. The number of aromatic nitrogens is 1. The highest BCUT2D eigenvalue weighted by atomic mass is 32.1. The predicted octanol–water partition coefficient (Wildman–Crippen LogP) is 6.87. The Balaban J connectivity index is 1.88. The van der Waals surface area contributed by atoms with E-state index in [1.54, 1.807) is 13.8 Å². The maximum Gasteiger partial charge on any atom is 0.348 e. The zero-order valence-electron chi connectivity index (χ0n) is 21.3. The number of thiazole rings is 1. The number of nitrogens with one attached hydrogen (secondary N) is 1. The van der Waals surface area contributed by atoms with Crippen LogP contribution < -0.4 is 5.32 Å². The average molecular weight is 536 g/mol. The lowest BCUT2D eigenvalue weighted by molar-refractivity contribution is 0.0527. The predicted molar refractivity (Wildman–Crippen MR) is 149 cm³/mol. The maximum atomic E-state index is 12.6. The summed E-state index contributed by atoms with van der Waals surface area (Å²) in [6, 6.07) is 10.4. The third-order valence-electron chi connectivity index (χ3n) is 5.24. The monoisotopic (exact) mass is 535 g/mol. The second-order valence-corrected chi connectivity index (χ2v) is 10.4. The Morgan fingerprint density at radius 3 is 2.57 bits per heavy atom. The van der Waals surface area contributed by atoms with Gasteiger partial charge in [0, 0.05) is 17.1 Å². The van der Waals surface area contributed by atoms with E-state index in [0.717, 1.165) is 29.0 Å². The molecule has 1 aromatic carbocycles. The summed E-state index contributed by atoms with van der Waals surface area (Å²) in [5.74, 6) is -0.543. The maximum absolute atomic E-state index is 12.6. The summed E-state index contributed by atoms with van der Waals surface area (Å²) in [6.45, 7) is 11.5. The van der Waals surface area contributed by atoms with Crippen molar-refractivity contribution in [1.29, 1.82) is 5.26 Å². The van der Waals surface area contributed by atoms with E-state index in [4.69, 9.17) is 9.47 Å². The van der Waals surface area contributed by atoms with Gasteiger partial charge in [0.2, 0.25) is 0 Å². The fourth-order valence-electron chi connectivity index (χ4n) is 3.55. The number of anilines is 1. The van der Waals surface area contributed by atoms with Crippen LogP contribution in [0.3, 0.4) is 0 Å². The number of nitrogens with zero attached hydrogens (tertiary/aromatic N) is 2. The largest absolute Gasteiger partial charge is 0.462 e. The Morgan fingerprint density at radius 2 is 1.95 bits per heavy atom. The van der Waals surface area contributed by atoms with Crippen molar-refractivity contribution in [3.05, 3.63) is 75.1 Å². The van der Waals surface area contributed by atoms with Gasteiger partial charge in [0.1, 0.15) is 33.1 Å². The SMILES string of the molecule is C=CCOC(=O)c1sc(NC=C(C#N)c2nc(-c3ccc(CC(C)C)cc3)cs2)c(C(=O)OCC)c1C. The molecule has 0 unspecified atom stereocenters. The van der Waals surface area contributed by atoms with Crippen molar-refractivity contribution in [2.45, 2.75) is 34.1 Å². The Bertz CT molecular complexity index is 1340. The van der Waals surface area contributed by atoms with Gasteiger partial charge in [0.25, 0.3) is 0 Å². The molecule has 1 N–H and O–H groups in total. The zero-order chi connectivity index (χ0) is 26.9. The first-order valence-corrected chi connectivity index (χ1v) is 13.5. The number of hydrogen-bond acceptors (Lipinski definition) is 9. The molecule has 0 bridgehead atoms. The van der Waals surface area contributed by atoms with Gasteiger partial charge < -0.3 is 14.8 Å². The van der Waals surface area contributed by atoms with Gasteiger partial charge >= 0.3 is 11.9 Å². The van der Waals surface area contributed by atoms with Crippen LogP contribution in [0.1, 0.15) is 56.9 Å². The normalized spacial score (nSPS) is 11.2. The first-order chi connectivity index (χ1) is 17.8. The van der Waals surface area contributed by atoms with Gasteiger partial charge in [-0.2, -0.15) is 5.26 Å². The summed E-state index contributed by atoms with van der Waals surface area (Å²) in [5, 5.41) is 15.6. The molecule has 0 aliphatic heterocycles. The Labute approximate surface area is 225 Å². The number of carbonyl (C=O) groups excluding carboxylic acids is 2. The molecule has 0 aliphatic rings. The van der Waals surface area contributed by atoms with E-state index in [2.05, 4.69) is 48.9 Å². The lowest BCUT2D eigenvalue weighted by atomic mass is 10.0. The van der Waals surface area contributed by atoms with Gasteiger partial charge in [0.05, 0.1) is 17.9 Å². The summed E-state index contributed by atoms with van der Waals surface area (Å²) >= 11 is 2.42. The Kier molecular flexibility index (Phi) is 9.78. The highest BCUT2D eigenvalue weighted by molar-refractivity contribution is 7.18. The number of rotatable bonds is 11. The van der Waals surface area contributed by atoms with Crippen LogP contribution in [0, 0.1) is 24.2 Å². The minimum atomic E-state index is -0.564. The van der Waals surface area contributed by atoms with Crippen LogP contribution in [0.5, 0.6) is 0 Å². The molecular formula is C28H29N3O4S2. The zero-order valence-corrected chi connectivity index (χ0v) is 22.9. The molecule has 0 saturated carbocycles. The lowest BCUT2D eigenvalue weighted by Crippen LogP contribution is -2.09. The molecule has 3 rings (SSSR count). The molecule has 3 aromatic rings. The number of nitriles is 1. The van der Waals surface area contributed by atoms with Gasteiger partial charge in [-0.05, 0) is 37.3 Å². The molecule has 0 radical (unpaired) electrons. The van der Waals surface area contributed by atoms with Crippen LogP contribution in [0.25, 0.3) is 16.8 Å². The lowest BCUT2D eigenvalue weighted by Gasteiger charge is -2.05. The summed E-state index contributed by atoms with van der Waals surface area (Å²) in [6.07, 6.45) is 3.97. The molecule has 0 spiro atoms. The Hall–Kier alpha value is -3.74. The van der Waals surface area contributed by atoms with Crippen LogP contribution in [-0.4, -0.2) is 30.1 Å². The van der Waals surface area contributed by atoms with Crippen LogP contribution in [0.4, 0.5) is 5.00 Å². The fourth-order valence-corrected chi connectivity index (χ4v) is 5.40. The smallest absolute Gasteiger partial charge is 0.348 e. The number of thiophene rings is 1. The van der Waals surface area contributed by atoms with E-state index in [0.29, 0.717) is 27.1 Å². The van der Waals surface area contributed by atoms with Crippen LogP contribution in [0.2, 0.25) is 0 Å². The van der Waals surface area contributed by atoms with Crippen molar-refractivity contribution in [2.75, 3.05) is 18.5 Å². The van der Waals surface area contributed by atoms with Crippen molar-refractivity contribution in [3.8, 4) is 17.3 Å². The molecule has 0 atom stereocenters. The molecule has 2 aromatic heterocycles. The molecule has 192 valence electrons. The minimum Gasteiger partial charge on any atom is -0.462 e. The molecule has 0 saturated heterocycles. The van der Waals surface area contributed by atoms with Crippen molar-refractivity contribution in [1.82, 2.24) is 4.98 Å².